The average Bonchev–Trinajstić information content (AvgIpc) is 2.32. The van der Waals surface area contributed by atoms with Crippen LogP contribution in [0.2, 0.25) is 19.6 Å². The first-order chi connectivity index (χ1) is 8.72. The Morgan fingerprint density at radius 3 is 2.11 bits per heavy atom. The Morgan fingerprint density at radius 1 is 1.05 bits per heavy atom. The highest BCUT2D eigenvalue weighted by Crippen LogP contribution is 2.46. The molecular formula is C12H27O5PSi. The van der Waals surface area contributed by atoms with E-state index in [1.54, 1.807) is 0 Å². The van der Waals surface area contributed by atoms with Gasteiger partial charge in [0.05, 0.1) is 0 Å². The standard InChI is InChI=1S/C12H27O5PSi/c1-15-18(14,16-2)11-12(13)9-7-6-8-10-17-19(3,4)5/h6-11H2,1-5H3. The van der Waals surface area contributed by atoms with Crippen molar-refractivity contribution in [3.63, 3.8) is 0 Å². The van der Waals surface area contributed by atoms with Crippen molar-refractivity contribution >= 4 is 21.7 Å². The van der Waals surface area contributed by atoms with Crippen molar-refractivity contribution in [2.75, 3.05) is 27.0 Å². The van der Waals surface area contributed by atoms with Crippen LogP contribution in [0.5, 0.6) is 0 Å². The van der Waals surface area contributed by atoms with Gasteiger partial charge in [-0.1, -0.05) is 6.42 Å². The van der Waals surface area contributed by atoms with Gasteiger partial charge in [-0.3, -0.25) is 9.36 Å². The fraction of sp³-hybridized carbons (Fsp3) is 0.917. The fourth-order valence-electron chi connectivity index (χ4n) is 1.48. The summed E-state index contributed by atoms with van der Waals surface area (Å²) in [5, 5.41) is 0. The maximum absolute atomic E-state index is 11.7. The molecule has 5 nitrogen and oxygen atoms in total. The van der Waals surface area contributed by atoms with E-state index in [4.69, 9.17) is 13.5 Å². The van der Waals surface area contributed by atoms with Crippen molar-refractivity contribution in [1.29, 1.82) is 0 Å². The Kier molecular flexibility index (Phi) is 9.03. The van der Waals surface area contributed by atoms with Crippen molar-refractivity contribution in [1.82, 2.24) is 0 Å². The van der Waals surface area contributed by atoms with Crippen LogP contribution >= 0.6 is 7.60 Å². The Morgan fingerprint density at radius 2 is 1.63 bits per heavy atom. The zero-order valence-corrected chi connectivity index (χ0v) is 14.6. The average molecular weight is 310 g/mol. The van der Waals surface area contributed by atoms with Gasteiger partial charge in [-0.05, 0) is 32.5 Å². The van der Waals surface area contributed by atoms with E-state index >= 15 is 0 Å². The number of carbonyl (C=O) groups is 1. The van der Waals surface area contributed by atoms with Crippen LogP contribution in [-0.4, -0.2) is 41.1 Å². The first-order valence-corrected chi connectivity index (χ1v) is 11.7. The Hall–Kier alpha value is -0.00312. The van der Waals surface area contributed by atoms with E-state index in [2.05, 4.69) is 19.6 Å². The van der Waals surface area contributed by atoms with Crippen LogP contribution in [0.1, 0.15) is 25.7 Å². The predicted octanol–water partition coefficient (Wildman–Crippen LogP) is 3.45. The van der Waals surface area contributed by atoms with Gasteiger partial charge in [-0.25, -0.2) is 0 Å². The van der Waals surface area contributed by atoms with Gasteiger partial charge in [0.2, 0.25) is 0 Å². The molecule has 0 fully saturated rings. The van der Waals surface area contributed by atoms with Gasteiger partial charge >= 0.3 is 7.60 Å². The summed E-state index contributed by atoms with van der Waals surface area (Å²) in [5.41, 5.74) is 0. The molecule has 0 aromatic heterocycles. The summed E-state index contributed by atoms with van der Waals surface area (Å²) < 4.78 is 26.9. The minimum absolute atomic E-state index is 0.0712. The number of Topliss-reactive ketones (excluding diaryl/α,β-unsaturated/α-hetero) is 1. The third kappa shape index (κ3) is 10.4. The second-order valence-corrected chi connectivity index (χ2v) is 12.2. The molecular weight excluding hydrogens is 283 g/mol. The van der Waals surface area contributed by atoms with E-state index in [1.807, 2.05) is 0 Å². The van der Waals surface area contributed by atoms with Gasteiger partial charge in [0, 0.05) is 27.2 Å². The van der Waals surface area contributed by atoms with Crippen LogP contribution in [0, 0.1) is 0 Å². The third-order valence-electron chi connectivity index (χ3n) is 2.56. The second kappa shape index (κ2) is 9.03. The van der Waals surface area contributed by atoms with Crippen molar-refractivity contribution < 1.29 is 22.8 Å². The summed E-state index contributed by atoms with van der Waals surface area (Å²) in [7, 11) is -2.01. The zero-order chi connectivity index (χ0) is 14.9. The quantitative estimate of drug-likeness (QED) is 0.332. The molecule has 114 valence electrons. The summed E-state index contributed by atoms with van der Waals surface area (Å²) >= 11 is 0. The minimum atomic E-state index is -3.19. The summed E-state index contributed by atoms with van der Waals surface area (Å²) in [5.74, 6) is -0.0712. The number of carbonyl (C=O) groups excluding carboxylic acids is 1. The lowest BCUT2D eigenvalue weighted by atomic mass is 10.1. The van der Waals surface area contributed by atoms with E-state index in [0.717, 1.165) is 25.9 Å². The fourth-order valence-corrected chi connectivity index (χ4v) is 3.23. The zero-order valence-electron chi connectivity index (χ0n) is 12.7. The summed E-state index contributed by atoms with van der Waals surface area (Å²) in [6.07, 6.45) is 2.99. The van der Waals surface area contributed by atoms with Crippen molar-refractivity contribution in [3.05, 3.63) is 0 Å². The number of hydrogen-bond donors (Lipinski definition) is 0. The Labute approximate surface area is 117 Å². The number of rotatable bonds is 11. The molecule has 19 heavy (non-hydrogen) atoms. The molecule has 0 unspecified atom stereocenters. The topological polar surface area (TPSA) is 61.8 Å². The van der Waals surface area contributed by atoms with Crippen LogP contribution in [0.3, 0.4) is 0 Å². The van der Waals surface area contributed by atoms with Crippen LogP contribution in [0.15, 0.2) is 0 Å². The summed E-state index contributed by atoms with van der Waals surface area (Å²) in [4.78, 5) is 11.6. The molecule has 0 spiro atoms. The van der Waals surface area contributed by atoms with Gasteiger partial charge in [0.15, 0.2) is 8.32 Å². The molecule has 0 aliphatic carbocycles. The molecule has 0 rings (SSSR count). The van der Waals surface area contributed by atoms with E-state index < -0.39 is 15.9 Å². The highest BCUT2D eigenvalue weighted by Gasteiger charge is 2.24. The normalized spacial score (nSPS) is 12.7. The number of hydrogen-bond acceptors (Lipinski definition) is 5. The SMILES string of the molecule is COP(=O)(CC(=O)CCCCCO[Si](C)(C)C)OC. The smallest absolute Gasteiger partial charge is 0.337 e. The van der Waals surface area contributed by atoms with Gasteiger partial charge in [0.25, 0.3) is 0 Å². The van der Waals surface area contributed by atoms with Crippen LogP contribution < -0.4 is 0 Å². The van der Waals surface area contributed by atoms with E-state index in [-0.39, 0.29) is 11.9 Å². The van der Waals surface area contributed by atoms with Crippen molar-refractivity contribution in [2.24, 2.45) is 0 Å². The van der Waals surface area contributed by atoms with Crippen LogP contribution in [-0.2, 0) is 22.8 Å². The summed E-state index contributed by atoms with van der Waals surface area (Å²) in [6, 6.07) is 0. The molecule has 0 saturated carbocycles. The molecule has 0 bridgehead atoms. The molecule has 0 atom stereocenters. The highest BCUT2D eigenvalue weighted by molar-refractivity contribution is 7.54. The van der Waals surface area contributed by atoms with Gasteiger partial charge in [-0.15, -0.1) is 0 Å². The molecule has 0 aliphatic heterocycles. The van der Waals surface area contributed by atoms with Gasteiger partial charge in [0.1, 0.15) is 11.9 Å². The molecule has 0 saturated heterocycles. The maximum Gasteiger partial charge on any atom is 0.337 e. The van der Waals surface area contributed by atoms with Gasteiger partial charge < -0.3 is 13.5 Å². The molecule has 0 amide bonds. The lowest BCUT2D eigenvalue weighted by Crippen LogP contribution is -2.25. The van der Waals surface area contributed by atoms with E-state index in [1.165, 1.54) is 14.2 Å². The van der Waals surface area contributed by atoms with Crippen molar-refractivity contribution in [3.8, 4) is 0 Å². The second-order valence-electron chi connectivity index (χ2n) is 5.44. The predicted molar refractivity (Wildman–Crippen MR) is 79.3 cm³/mol. The maximum atomic E-state index is 11.7. The third-order valence-corrected chi connectivity index (χ3v) is 5.48. The largest absolute Gasteiger partial charge is 0.418 e. The van der Waals surface area contributed by atoms with Crippen molar-refractivity contribution in [2.45, 2.75) is 45.3 Å². The Bertz CT molecular complexity index is 306. The van der Waals surface area contributed by atoms with Crippen LogP contribution in [0.25, 0.3) is 0 Å². The first kappa shape index (κ1) is 19.0. The van der Waals surface area contributed by atoms with E-state index in [0.29, 0.717) is 6.42 Å². The molecule has 0 N–H and O–H groups in total. The summed E-state index contributed by atoms with van der Waals surface area (Å²) in [6.45, 7) is 7.23. The minimum Gasteiger partial charge on any atom is -0.418 e. The molecule has 0 aromatic carbocycles. The lowest BCUT2D eigenvalue weighted by Gasteiger charge is -2.16. The highest BCUT2D eigenvalue weighted by atomic mass is 31.2. The number of ketones is 1. The molecule has 0 radical (unpaired) electrons. The molecule has 0 aromatic rings. The lowest BCUT2D eigenvalue weighted by molar-refractivity contribution is -0.117. The Balaban J connectivity index is 3.68. The first-order valence-electron chi connectivity index (χ1n) is 6.58. The van der Waals surface area contributed by atoms with Crippen LogP contribution in [0.4, 0.5) is 0 Å². The van der Waals surface area contributed by atoms with E-state index in [9.17, 15) is 9.36 Å². The number of unbranched alkanes of at least 4 members (excludes halogenated alkanes) is 2. The molecule has 0 aliphatic rings. The van der Waals surface area contributed by atoms with Gasteiger partial charge in [-0.2, -0.15) is 0 Å². The monoisotopic (exact) mass is 310 g/mol. The molecule has 7 heteroatoms. The molecule has 0 heterocycles.